The van der Waals surface area contributed by atoms with Crippen LogP contribution in [0.3, 0.4) is 0 Å². The third-order valence-electron chi connectivity index (χ3n) is 3.15. The highest BCUT2D eigenvalue weighted by atomic mass is 79.9. The Morgan fingerprint density at radius 2 is 1.75 bits per heavy atom. The Bertz CT molecular complexity index is 586. The van der Waals surface area contributed by atoms with Crippen LogP contribution in [0.15, 0.2) is 42.5 Å². The van der Waals surface area contributed by atoms with Crippen molar-refractivity contribution in [2.24, 2.45) is 5.92 Å². The molecule has 20 heavy (non-hydrogen) atoms. The summed E-state index contributed by atoms with van der Waals surface area (Å²) in [6.07, 6.45) is 1.49. The highest BCUT2D eigenvalue weighted by Crippen LogP contribution is 2.22. The third kappa shape index (κ3) is 4.47. The van der Waals surface area contributed by atoms with Gasteiger partial charge in [-0.25, -0.2) is 4.39 Å². The van der Waals surface area contributed by atoms with E-state index in [1.807, 2.05) is 24.3 Å². The second-order valence-electron chi connectivity index (χ2n) is 4.79. The van der Waals surface area contributed by atoms with Gasteiger partial charge in [-0.3, -0.25) is 0 Å². The largest absolute Gasteiger partial charge is 0.207 e. The van der Waals surface area contributed by atoms with Crippen molar-refractivity contribution >= 4 is 39.1 Å². The molecular weight excluding hydrogens is 362 g/mol. The first kappa shape index (κ1) is 15.8. The summed E-state index contributed by atoms with van der Waals surface area (Å²) < 4.78 is 13.8. The van der Waals surface area contributed by atoms with E-state index in [0.717, 1.165) is 22.3 Å². The van der Waals surface area contributed by atoms with E-state index in [0.29, 0.717) is 22.9 Å². The maximum atomic E-state index is 13.8. The second-order valence-corrected chi connectivity index (χ2v) is 6.31. The Kier molecular flexibility index (Phi) is 5.88. The summed E-state index contributed by atoms with van der Waals surface area (Å²) in [4.78, 5) is 0. The fraction of sp³-hybridized carbons (Fsp3) is 0.250. The molecule has 0 nitrogen and oxygen atoms in total. The van der Waals surface area contributed by atoms with Gasteiger partial charge in [0.15, 0.2) is 0 Å². The zero-order valence-corrected chi connectivity index (χ0v) is 13.8. The van der Waals surface area contributed by atoms with Gasteiger partial charge in [-0.2, -0.15) is 0 Å². The number of hydrogen-bond donors (Lipinski definition) is 0. The lowest BCUT2D eigenvalue weighted by molar-refractivity contribution is 0.550. The fourth-order valence-corrected chi connectivity index (χ4v) is 3.05. The molecule has 0 heterocycles. The smallest absolute Gasteiger partial charge is 0.126 e. The molecule has 0 bridgehead atoms. The molecule has 1 unspecified atom stereocenters. The highest BCUT2D eigenvalue weighted by Gasteiger charge is 2.13. The van der Waals surface area contributed by atoms with Crippen molar-refractivity contribution in [2.75, 3.05) is 5.33 Å². The normalized spacial score (nSPS) is 12.4. The van der Waals surface area contributed by atoms with Crippen molar-refractivity contribution in [3.05, 3.63) is 69.5 Å². The van der Waals surface area contributed by atoms with Crippen LogP contribution in [0.2, 0.25) is 10.0 Å². The Balaban J connectivity index is 2.11. The lowest BCUT2D eigenvalue weighted by atomic mass is 9.94. The summed E-state index contributed by atoms with van der Waals surface area (Å²) in [5, 5.41) is 2.09. The molecule has 0 N–H and O–H groups in total. The molecule has 0 saturated carbocycles. The molecule has 0 aliphatic carbocycles. The molecular formula is C16H14BrCl2F. The van der Waals surface area contributed by atoms with Crippen molar-refractivity contribution in [3.8, 4) is 0 Å². The fourth-order valence-electron chi connectivity index (χ4n) is 2.19. The standard InChI is InChI=1S/C16H14BrCl2F/c17-10-12(6-11-2-1-3-14(18)8-11)7-13-9-15(19)4-5-16(13)20/h1-5,8-9,12H,6-7,10H2. The van der Waals surface area contributed by atoms with Gasteiger partial charge >= 0.3 is 0 Å². The topological polar surface area (TPSA) is 0 Å². The molecule has 0 radical (unpaired) electrons. The Labute approximate surface area is 137 Å². The van der Waals surface area contributed by atoms with Gasteiger partial charge in [-0.1, -0.05) is 51.3 Å². The van der Waals surface area contributed by atoms with Gasteiger partial charge in [0.25, 0.3) is 0 Å². The number of hydrogen-bond acceptors (Lipinski definition) is 0. The molecule has 0 amide bonds. The monoisotopic (exact) mass is 374 g/mol. The van der Waals surface area contributed by atoms with Crippen molar-refractivity contribution in [3.63, 3.8) is 0 Å². The average Bonchev–Trinajstić information content (AvgIpc) is 2.42. The summed E-state index contributed by atoms with van der Waals surface area (Å²) in [5.74, 6) is 0.0906. The van der Waals surface area contributed by atoms with Gasteiger partial charge in [0.2, 0.25) is 0 Å². The summed E-state index contributed by atoms with van der Waals surface area (Å²) >= 11 is 15.4. The molecule has 4 heteroatoms. The van der Waals surface area contributed by atoms with Gasteiger partial charge in [0.1, 0.15) is 5.82 Å². The first-order chi connectivity index (χ1) is 9.58. The molecule has 0 fully saturated rings. The van der Waals surface area contributed by atoms with E-state index in [4.69, 9.17) is 23.2 Å². The number of halogens is 4. The minimum absolute atomic E-state index is 0.202. The Hall–Kier alpha value is -0.570. The van der Waals surface area contributed by atoms with Crippen molar-refractivity contribution in [1.82, 2.24) is 0 Å². The predicted octanol–water partition coefficient (Wildman–Crippen LogP) is 5.93. The van der Waals surface area contributed by atoms with Crippen LogP contribution in [0.25, 0.3) is 0 Å². The molecule has 1 atom stereocenters. The van der Waals surface area contributed by atoms with Gasteiger partial charge < -0.3 is 0 Å². The zero-order valence-electron chi connectivity index (χ0n) is 10.8. The minimum atomic E-state index is -0.202. The summed E-state index contributed by atoms with van der Waals surface area (Å²) in [6.45, 7) is 0. The van der Waals surface area contributed by atoms with E-state index in [1.54, 1.807) is 12.1 Å². The van der Waals surface area contributed by atoms with Gasteiger partial charge in [0, 0.05) is 15.4 Å². The van der Waals surface area contributed by atoms with Crippen LogP contribution in [-0.4, -0.2) is 5.33 Å². The molecule has 2 rings (SSSR count). The van der Waals surface area contributed by atoms with E-state index < -0.39 is 0 Å². The summed E-state index contributed by atoms with van der Waals surface area (Å²) in [6, 6.07) is 12.5. The molecule has 106 valence electrons. The van der Waals surface area contributed by atoms with Crippen molar-refractivity contribution in [2.45, 2.75) is 12.8 Å². The maximum absolute atomic E-state index is 13.8. The predicted molar refractivity (Wildman–Crippen MR) is 87.6 cm³/mol. The highest BCUT2D eigenvalue weighted by molar-refractivity contribution is 9.09. The van der Waals surface area contributed by atoms with Crippen LogP contribution in [0.5, 0.6) is 0 Å². The minimum Gasteiger partial charge on any atom is -0.207 e. The van der Waals surface area contributed by atoms with Crippen LogP contribution in [0.4, 0.5) is 4.39 Å². The Morgan fingerprint density at radius 3 is 2.45 bits per heavy atom. The number of rotatable bonds is 5. The molecule has 2 aromatic carbocycles. The number of benzene rings is 2. The molecule has 0 aliphatic heterocycles. The van der Waals surface area contributed by atoms with Crippen LogP contribution >= 0.6 is 39.1 Å². The van der Waals surface area contributed by atoms with Crippen LogP contribution < -0.4 is 0 Å². The lowest BCUT2D eigenvalue weighted by Gasteiger charge is -2.15. The van der Waals surface area contributed by atoms with Gasteiger partial charge in [-0.15, -0.1) is 0 Å². The van der Waals surface area contributed by atoms with E-state index in [9.17, 15) is 4.39 Å². The van der Waals surface area contributed by atoms with E-state index in [-0.39, 0.29) is 5.82 Å². The quantitative estimate of drug-likeness (QED) is 0.568. The van der Waals surface area contributed by atoms with E-state index in [2.05, 4.69) is 15.9 Å². The Morgan fingerprint density at radius 1 is 1.00 bits per heavy atom. The third-order valence-corrected chi connectivity index (χ3v) is 4.53. The van der Waals surface area contributed by atoms with Gasteiger partial charge in [0.05, 0.1) is 0 Å². The van der Waals surface area contributed by atoms with Crippen molar-refractivity contribution < 1.29 is 4.39 Å². The maximum Gasteiger partial charge on any atom is 0.126 e. The molecule has 0 spiro atoms. The van der Waals surface area contributed by atoms with Crippen molar-refractivity contribution in [1.29, 1.82) is 0 Å². The molecule has 0 saturated heterocycles. The summed E-state index contributed by atoms with van der Waals surface area (Å²) in [7, 11) is 0. The second kappa shape index (κ2) is 7.44. The number of alkyl halides is 1. The first-order valence-electron chi connectivity index (χ1n) is 6.33. The lowest BCUT2D eigenvalue weighted by Crippen LogP contribution is -2.11. The van der Waals surface area contributed by atoms with Crippen LogP contribution in [0, 0.1) is 11.7 Å². The SMILES string of the molecule is Fc1ccc(Cl)cc1CC(CBr)Cc1cccc(Cl)c1. The first-order valence-corrected chi connectivity index (χ1v) is 8.20. The molecule has 0 aliphatic rings. The molecule has 0 aromatic heterocycles. The van der Waals surface area contributed by atoms with E-state index in [1.165, 1.54) is 6.07 Å². The van der Waals surface area contributed by atoms with Crippen LogP contribution in [-0.2, 0) is 12.8 Å². The van der Waals surface area contributed by atoms with Crippen LogP contribution in [0.1, 0.15) is 11.1 Å². The molecule has 2 aromatic rings. The zero-order chi connectivity index (χ0) is 14.5. The van der Waals surface area contributed by atoms with Gasteiger partial charge in [-0.05, 0) is 60.2 Å². The van der Waals surface area contributed by atoms with E-state index >= 15 is 0 Å². The summed E-state index contributed by atoms with van der Waals surface area (Å²) in [5.41, 5.74) is 1.81. The average molecular weight is 376 g/mol.